The minimum Gasteiger partial charge on any atom is -0.305 e. The summed E-state index contributed by atoms with van der Waals surface area (Å²) in [7, 11) is -3.11. The minimum atomic E-state index is -3.11. The predicted molar refractivity (Wildman–Crippen MR) is 83.9 cm³/mol. The van der Waals surface area contributed by atoms with Crippen LogP contribution in [-0.2, 0) is 16.4 Å². The molecule has 1 N–H and O–H groups in total. The predicted octanol–water partition coefficient (Wildman–Crippen LogP) is 3.31. The highest BCUT2D eigenvalue weighted by atomic mass is 32.2. The third-order valence-corrected chi connectivity index (χ3v) is 5.46. The fraction of sp³-hybridized carbons (Fsp3) is 0.333. The average Bonchev–Trinajstić information content (AvgIpc) is 2.82. The second kappa shape index (κ2) is 6.08. The van der Waals surface area contributed by atoms with Crippen molar-refractivity contribution in [2.75, 3.05) is 6.26 Å². The van der Waals surface area contributed by atoms with Gasteiger partial charge in [-0.1, -0.05) is 12.1 Å². The molecule has 1 aromatic heterocycles. The maximum Gasteiger partial charge on any atom is 0.175 e. The number of nitrogens with one attached hydrogen (secondary N) is 1. The van der Waals surface area contributed by atoms with E-state index in [1.807, 2.05) is 12.1 Å². The molecule has 1 unspecified atom stereocenters. The molecule has 0 spiro atoms. The first kappa shape index (κ1) is 15.2. The molecule has 0 aliphatic rings. The average molecular weight is 309 g/mol. The monoisotopic (exact) mass is 309 g/mol. The van der Waals surface area contributed by atoms with Crippen molar-refractivity contribution in [1.82, 2.24) is 5.32 Å². The molecule has 2 rings (SSSR count). The van der Waals surface area contributed by atoms with E-state index in [0.717, 1.165) is 12.1 Å². The second-order valence-corrected chi connectivity index (χ2v) is 8.30. The number of hydrogen-bond donors (Lipinski definition) is 1. The number of thiophene rings is 1. The molecule has 0 saturated carbocycles. The zero-order valence-electron chi connectivity index (χ0n) is 11.9. The van der Waals surface area contributed by atoms with E-state index in [1.165, 1.54) is 16.0 Å². The van der Waals surface area contributed by atoms with Crippen LogP contribution in [0.15, 0.2) is 41.3 Å². The number of aryl methyl sites for hydroxylation is 1. The molecule has 1 atom stereocenters. The van der Waals surface area contributed by atoms with Crippen LogP contribution in [0.1, 0.15) is 28.3 Å². The smallest absolute Gasteiger partial charge is 0.175 e. The molecule has 0 saturated heterocycles. The number of rotatable bonds is 5. The number of sulfone groups is 1. The Morgan fingerprint density at radius 2 is 1.80 bits per heavy atom. The van der Waals surface area contributed by atoms with Gasteiger partial charge in [0.15, 0.2) is 9.84 Å². The normalized spacial score (nSPS) is 13.3. The first-order valence-corrected chi connectivity index (χ1v) is 9.16. The van der Waals surface area contributed by atoms with Crippen LogP contribution in [0.4, 0.5) is 0 Å². The molecule has 0 fully saturated rings. The van der Waals surface area contributed by atoms with Gasteiger partial charge in [0.25, 0.3) is 0 Å². The highest BCUT2D eigenvalue weighted by Crippen LogP contribution is 2.22. The third kappa shape index (κ3) is 3.91. The van der Waals surface area contributed by atoms with Crippen LogP contribution >= 0.6 is 11.3 Å². The van der Waals surface area contributed by atoms with Crippen molar-refractivity contribution >= 4 is 21.2 Å². The fourth-order valence-corrected chi connectivity index (χ4v) is 3.45. The van der Waals surface area contributed by atoms with Crippen LogP contribution in [0, 0.1) is 6.92 Å². The van der Waals surface area contributed by atoms with Gasteiger partial charge < -0.3 is 5.32 Å². The Balaban J connectivity index is 1.97. The van der Waals surface area contributed by atoms with E-state index in [9.17, 15) is 8.42 Å². The lowest BCUT2D eigenvalue weighted by Crippen LogP contribution is -2.17. The highest BCUT2D eigenvalue weighted by Gasteiger charge is 2.08. The molecule has 20 heavy (non-hydrogen) atoms. The zero-order valence-corrected chi connectivity index (χ0v) is 13.5. The first-order chi connectivity index (χ1) is 9.36. The van der Waals surface area contributed by atoms with Crippen LogP contribution in [0.25, 0.3) is 0 Å². The summed E-state index contributed by atoms with van der Waals surface area (Å²) in [6.07, 6.45) is 1.22. The maximum absolute atomic E-state index is 11.4. The Bertz CT molecular complexity index is 672. The molecule has 3 nitrogen and oxygen atoms in total. The van der Waals surface area contributed by atoms with Crippen LogP contribution in [0.5, 0.6) is 0 Å². The largest absolute Gasteiger partial charge is 0.305 e. The molecular weight excluding hydrogens is 290 g/mol. The van der Waals surface area contributed by atoms with Gasteiger partial charge in [-0.15, -0.1) is 11.3 Å². The Morgan fingerprint density at radius 1 is 1.15 bits per heavy atom. The zero-order chi connectivity index (χ0) is 14.8. The highest BCUT2D eigenvalue weighted by molar-refractivity contribution is 7.90. The summed E-state index contributed by atoms with van der Waals surface area (Å²) in [6.45, 7) is 4.96. The maximum atomic E-state index is 11.4. The van der Waals surface area contributed by atoms with E-state index in [1.54, 1.807) is 23.5 Å². The van der Waals surface area contributed by atoms with Gasteiger partial charge in [0, 0.05) is 28.6 Å². The Morgan fingerprint density at radius 3 is 2.30 bits per heavy atom. The summed E-state index contributed by atoms with van der Waals surface area (Å²) < 4.78 is 22.8. The summed E-state index contributed by atoms with van der Waals surface area (Å²) in [5.41, 5.74) is 1.08. The van der Waals surface area contributed by atoms with Gasteiger partial charge in [0.2, 0.25) is 0 Å². The van der Waals surface area contributed by atoms with Crippen LogP contribution in [0.2, 0.25) is 0 Å². The van der Waals surface area contributed by atoms with E-state index in [0.29, 0.717) is 10.9 Å². The van der Waals surface area contributed by atoms with E-state index < -0.39 is 9.84 Å². The molecular formula is C15H19NO2S2. The van der Waals surface area contributed by atoms with Gasteiger partial charge in [0.05, 0.1) is 4.90 Å². The molecule has 1 heterocycles. The van der Waals surface area contributed by atoms with Crippen LogP contribution in [-0.4, -0.2) is 14.7 Å². The molecule has 2 aromatic rings. The fourth-order valence-electron chi connectivity index (χ4n) is 1.91. The third-order valence-electron chi connectivity index (χ3n) is 3.15. The van der Waals surface area contributed by atoms with E-state index in [2.05, 4.69) is 31.3 Å². The van der Waals surface area contributed by atoms with Gasteiger partial charge in [-0.2, -0.15) is 0 Å². The van der Waals surface area contributed by atoms with Crippen molar-refractivity contribution in [2.24, 2.45) is 0 Å². The summed E-state index contributed by atoms with van der Waals surface area (Å²) in [5, 5.41) is 3.45. The van der Waals surface area contributed by atoms with Crippen molar-refractivity contribution in [1.29, 1.82) is 0 Å². The quantitative estimate of drug-likeness (QED) is 0.921. The molecule has 0 aliphatic carbocycles. The molecule has 0 aliphatic heterocycles. The molecule has 0 bridgehead atoms. The van der Waals surface area contributed by atoms with Crippen molar-refractivity contribution in [3.8, 4) is 0 Å². The second-order valence-electron chi connectivity index (χ2n) is 4.97. The summed E-state index contributed by atoms with van der Waals surface area (Å²) >= 11 is 1.79. The topological polar surface area (TPSA) is 46.2 Å². The van der Waals surface area contributed by atoms with Gasteiger partial charge in [-0.25, -0.2) is 8.42 Å². The standard InChI is InChI=1S/C15H19NO2S2/c1-11-4-9-15(19-11)12(2)16-10-13-5-7-14(8-6-13)20(3,17)18/h4-9,12,16H,10H2,1-3H3. The lowest BCUT2D eigenvalue weighted by Gasteiger charge is -2.12. The van der Waals surface area contributed by atoms with E-state index in [4.69, 9.17) is 0 Å². The Labute approximate surface area is 124 Å². The van der Waals surface area contributed by atoms with E-state index in [-0.39, 0.29) is 0 Å². The van der Waals surface area contributed by atoms with Crippen LogP contribution < -0.4 is 5.32 Å². The lowest BCUT2D eigenvalue weighted by atomic mass is 10.2. The Hall–Kier alpha value is -1.17. The number of benzene rings is 1. The SMILES string of the molecule is Cc1ccc(C(C)NCc2ccc(S(C)(=O)=O)cc2)s1. The summed E-state index contributed by atoms with van der Waals surface area (Å²) in [6, 6.07) is 11.6. The van der Waals surface area contributed by atoms with Crippen LogP contribution in [0.3, 0.4) is 0 Å². The minimum absolute atomic E-state index is 0.295. The molecule has 108 valence electrons. The first-order valence-electron chi connectivity index (χ1n) is 6.45. The summed E-state index contributed by atoms with van der Waals surface area (Å²) in [5.74, 6) is 0. The Kier molecular flexibility index (Phi) is 4.62. The van der Waals surface area contributed by atoms with Gasteiger partial charge in [0.1, 0.15) is 0 Å². The van der Waals surface area contributed by atoms with Gasteiger partial charge in [-0.3, -0.25) is 0 Å². The molecule has 0 radical (unpaired) electrons. The molecule has 0 amide bonds. The van der Waals surface area contributed by atoms with Crippen molar-refractivity contribution in [3.05, 3.63) is 51.7 Å². The van der Waals surface area contributed by atoms with Gasteiger partial charge >= 0.3 is 0 Å². The van der Waals surface area contributed by atoms with Crippen molar-refractivity contribution in [3.63, 3.8) is 0 Å². The molecule has 1 aromatic carbocycles. The molecule has 5 heteroatoms. The van der Waals surface area contributed by atoms with Gasteiger partial charge in [-0.05, 0) is 43.7 Å². The van der Waals surface area contributed by atoms with Crippen molar-refractivity contribution in [2.45, 2.75) is 31.3 Å². The van der Waals surface area contributed by atoms with Crippen molar-refractivity contribution < 1.29 is 8.42 Å². The van der Waals surface area contributed by atoms with E-state index >= 15 is 0 Å². The summed E-state index contributed by atoms with van der Waals surface area (Å²) in [4.78, 5) is 2.99. The number of hydrogen-bond acceptors (Lipinski definition) is 4. The lowest BCUT2D eigenvalue weighted by molar-refractivity contribution is 0.582.